The van der Waals surface area contributed by atoms with E-state index in [1.807, 2.05) is 37.5 Å². The Labute approximate surface area is 228 Å². The van der Waals surface area contributed by atoms with Crippen LogP contribution < -0.4 is 15.6 Å². The number of pyridine rings is 1. The molecule has 2 N–H and O–H groups in total. The summed E-state index contributed by atoms with van der Waals surface area (Å²) in [6.07, 6.45) is 7.49. The third-order valence-electron chi connectivity index (χ3n) is 8.00. The summed E-state index contributed by atoms with van der Waals surface area (Å²) >= 11 is 0. The molecule has 5 rings (SSSR count). The molecule has 4 heterocycles. The van der Waals surface area contributed by atoms with Crippen LogP contribution >= 0.6 is 0 Å². The van der Waals surface area contributed by atoms with Gasteiger partial charge in [-0.05, 0) is 64.8 Å². The van der Waals surface area contributed by atoms with Crippen LogP contribution in [0.3, 0.4) is 0 Å². The van der Waals surface area contributed by atoms with E-state index in [-0.39, 0.29) is 24.1 Å². The second-order valence-electron chi connectivity index (χ2n) is 10.5. The van der Waals surface area contributed by atoms with E-state index >= 15 is 0 Å². The van der Waals surface area contributed by atoms with Crippen LogP contribution in [0.15, 0.2) is 53.8 Å². The Morgan fingerprint density at radius 2 is 1.90 bits per heavy atom. The summed E-state index contributed by atoms with van der Waals surface area (Å²) in [6, 6.07) is 10.1. The molecule has 1 fully saturated rings. The lowest BCUT2D eigenvalue weighted by atomic mass is 9.89. The zero-order chi connectivity index (χ0) is 27.5. The Hall–Kier alpha value is -3.98. The van der Waals surface area contributed by atoms with Crippen molar-refractivity contribution in [3.63, 3.8) is 0 Å². The summed E-state index contributed by atoms with van der Waals surface area (Å²) in [5.41, 5.74) is 4.64. The van der Waals surface area contributed by atoms with Gasteiger partial charge in [0.05, 0.1) is 24.8 Å². The minimum absolute atomic E-state index is 0.0804. The third kappa shape index (κ3) is 5.45. The number of carbonyl (C=O) groups is 1. The molecule has 1 saturated heterocycles. The molecule has 1 atom stereocenters. The Morgan fingerprint density at radius 3 is 2.62 bits per heavy atom. The SMILES string of the molecule is COc1cc(C)[nH]c(=O)c1CNC(=O)c1c(C)n(C(C)C2CCN(Cc3cncnc3)CC2)c2ccccc12. The van der Waals surface area contributed by atoms with Gasteiger partial charge >= 0.3 is 0 Å². The maximum Gasteiger partial charge on any atom is 0.256 e. The van der Waals surface area contributed by atoms with Gasteiger partial charge in [0.15, 0.2) is 0 Å². The number of hydrogen-bond acceptors (Lipinski definition) is 6. The normalized spacial score (nSPS) is 15.4. The molecule has 0 saturated carbocycles. The van der Waals surface area contributed by atoms with Crippen LogP contribution in [0.5, 0.6) is 5.75 Å². The van der Waals surface area contributed by atoms with Crippen molar-refractivity contribution in [1.82, 2.24) is 29.7 Å². The first kappa shape index (κ1) is 26.6. The minimum atomic E-state index is -0.258. The molecule has 204 valence electrons. The fourth-order valence-corrected chi connectivity index (χ4v) is 5.97. The molecule has 1 aromatic carbocycles. The molecule has 1 amide bonds. The van der Waals surface area contributed by atoms with Crippen LogP contribution in [0, 0.1) is 19.8 Å². The van der Waals surface area contributed by atoms with E-state index in [0.29, 0.717) is 28.5 Å². The first-order valence-corrected chi connectivity index (χ1v) is 13.5. The number of ether oxygens (including phenoxy) is 1. The number of hydrogen-bond donors (Lipinski definition) is 2. The molecule has 0 radical (unpaired) electrons. The molecular formula is C30H36N6O3. The second-order valence-corrected chi connectivity index (χ2v) is 10.5. The number of aromatic nitrogens is 4. The fourth-order valence-electron chi connectivity index (χ4n) is 5.97. The fraction of sp³-hybridized carbons (Fsp3) is 0.400. The van der Waals surface area contributed by atoms with Crippen molar-refractivity contribution < 1.29 is 9.53 Å². The molecule has 1 aliphatic heterocycles. The maximum atomic E-state index is 13.6. The highest BCUT2D eigenvalue weighted by atomic mass is 16.5. The Kier molecular flexibility index (Phi) is 7.79. The average Bonchev–Trinajstić information content (AvgIpc) is 3.24. The summed E-state index contributed by atoms with van der Waals surface area (Å²) in [4.78, 5) is 39.6. The van der Waals surface area contributed by atoms with Crippen molar-refractivity contribution >= 4 is 16.8 Å². The number of benzene rings is 1. The van der Waals surface area contributed by atoms with Gasteiger partial charge in [-0.3, -0.25) is 14.5 Å². The van der Waals surface area contributed by atoms with E-state index in [2.05, 4.69) is 42.7 Å². The Bertz CT molecular complexity index is 1520. The average molecular weight is 529 g/mol. The van der Waals surface area contributed by atoms with E-state index in [4.69, 9.17) is 4.74 Å². The van der Waals surface area contributed by atoms with E-state index in [1.165, 1.54) is 7.11 Å². The number of carbonyl (C=O) groups excluding carboxylic acids is 1. The Balaban J connectivity index is 1.35. The highest BCUT2D eigenvalue weighted by Crippen LogP contribution is 2.36. The zero-order valence-corrected chi connectivity index (χ0v) is 23.0. The highest BCUT2D eigenvalue weighted by Gasteiger charge is 2.29. The zero-order valence-electron chi connectivity index (χ0n) is 23.0. The lowest BCUT2D eigenvalue weighted by molar-refractivity contribution is 0.0951. The molecule has 1 aliphatic rings. The molecule has 4 aromatic rings. The van der Waals surface area contributed by atoms with Crippen LogP contribution in [0.2, 0.25) is 0 Å². The number of amides is 1. The van der Waals surface area contributed by atoms with Crippen LogP contribution in [0.1, 0.15) is 58.7 Å². The highest BCUT2D eigenvalue weighted by molar-refractivity contribution is 6.08. The van der Waals surface area contributed by atoms with Crippen LogP contribution in [-0.2, 0) is 13.1 Å². The van der Waals surface area contributed by atoms with Crippen LogP contribution in [-0.4, -0.2) is 50.5 Å². The summed E-state index contributed by atoms with van der Waals surface area (Å²) in [5.74, 6) is 0.765. The van der Waals surface area contributed by atoms with Crippen molar-refractivity contribution in [3.8, 4) is 5.75 Å². The van der Waals surface area contributed by atoms with Crippen molar-refractivity contribution in [2.24, 2.45) is 5.92 Å². The quantitative estimate of drug-likeness (QED) is 0.356. The molecular weight excluding hydrogens is 492 g/mol. The van der Waals surface area contributed by atoms with Gasteiger partial charge in [0.2, 0.25) is 0 Å². The lowest BCUT2D eigenvalue weighted by Gasteiger charge is -2.36. The van der Waals surface area contributed by atoms with E-state index in [1.54, 1.807) is 19.3 Å². The van der Waals surface area contributed by atoms with Gasteiger partial charge in [0.1, 0.15) is 12.1 Å². The number of nitrogens with zero attached hydrogens (tertiary/aromatic N) is 4. The number of piperidine rings is 1. The number of H-pyrrole nitrogens is 1. The molecule has 1 unspecified atom stereocenters. The number of nitrogens with one attached hydrogen (secondary N) is 2. The van der Waals surface area contributed by atoms with Crippen LogP contribution in [0.4, 0.5) is 0 Å². The van der Waals surface area contributed by atoms with Gasteiger partial charge in [-0.25, -0.2) is 9.97 Å². The molecule has 9 nitrogen and oxygen atoms in total. The van der Waals surface area contributed by atoms with E-state index < -0.39 is 0 Å². The number of aryl methyl sites for hydroxylation is 1. The first-order valence-electron chi connectivity index (χ1n) is 13.5. The topological polar surface area (TPSA) is 105 Å². The second kappa shape index (κ2) is 11.4. The number of fused-ring (bicyclic) bond motifs is 1. The van der Waals surface area contributed by atoms with Gasteiger partial charge in [0, 0.05) is 52.8 Å². The Morgan fingerprint density at radius 1 is 1.18 bits per heavy atom. The molecule has 39 heavy (non-hydrogen) atoms. The monoisotopic (exact) mass is 528 g/mol. The van der Waals surface area contributed by atoms with Gasteiger partial charge in [-0.1, -0.05) is 18.2 Å². The molecule has 0 aliphatic carbocycles. The van der Waals surface area contributed by atoms with E-state index in [9.17, 15) is 9.59 Å². The number of aromatic amines is 1. The summed E-state index contributed by atoms with van der Waals surface area (Å²) in [5, 5.41) is 3.90. The van der Waals surface area contributed by atoms with Crippen molar-refractivity contribution in [1.29, 1.82) is 0 Å². The summed E-state index contributed by atoms with van der Waals surface area (Å²) in [7, 11) is 1.53. The molecule has 9 heteroatoms. The maximum absolute atomic E-state index is 13.6. The van der Waals surface area contributed by atoms with Gasteiger partial charge in [0.25, 0.3) is 11.5 Å². The van der Waals surface area contributed by atoms with E-state index in [0.717, 1.165) is 54.6 Å². The van der Waals surface area contributed by atoms with Crippen molar-refractivity contribution in [2.75, 3.05) is 20.2 Å². The lowest BCUT2D eigenvalue weighted by Crippen LogP contribution is -2.36. The number of para-hydroxylation sites is 1. The van der Waals surface area contributed by atoms with Gasteiger partial charge < -0.3 is 19.6 Å². The third-order valence-corrected chi connectivity index (χ3v) is 8.00. The van der Waals surface area contributed by atoms with Crippen LogP contribution in [0.25, 0.3) is 10.9 Å². The van der Waals surface area contributed by atoms with Gasteiger partial charge in [-0.15, -0.1) is 0 Å². The first-order chi connectivity index (χ1) is 18.9. The molecule has 3 aromatic heterocycles. The summed E-state index contributed by atoms with van der Waals surface area (Å²) in [6.45, 7) is 9.07. The predicted molar refractivity (Wildman–Crippen MR) is 151 cm³/mol. The molecule has 0 spiro atoms. The molecule has 0 bridgehead atoms. The van der Waals surface area contributed by atoms with Crippen molar-refractivity contribution in [2.45, 2.75) is 52.7 Å². The number of methoxy groups -OCH3 is 1. The van der Waals surface area contributed by atoms with Crippen molar-refractivity contribution in [3.05, 3.63) is 87.5 Å². The largest absolute Gasteiger partial charge is 0.496 e. The van der Waals surface area contributed by atoms with Gasteiger partial charge in [-0.2, -0.15) is 0 Å². The number of likely N-dealkylation sites (tertiary alicyclic amines) is 1. The smallest absolute Gasteiger partial charge is 0.256 e. The summed E-state index contributed by atoms with van der Waals surface area (Å²) < 4.78 is 7.73. The predicted octanol–water partition coefficient (Wildman–Crippen LogP) is 4.15. The standard InChI is InChI=1S/C30H36N6O3/c1-19-13-27(39-4)25(29(37)34-19)16-33-30(38)28-21(3)36(26-8-6-5-7-24(26)28)20(2)23-9-11-35(12-10-23)17-22-14-31-18-32-15-22/h5-8,13-15,18,20,23H,9-12,16-17H2,1-4H3,(H,33,38)(H,34,37). The minimum Gasteiger partial charge on any atom is -0.496 e. The number of rotatable bonds is 8.